The standard InChI is InChI=1S/C33H27N3O8S/c1-5-43-32(38)28-18(2)34-33-35(30(28)29-22-9-7-6-8-19(22)10-14-26(29)42-4)31(37)27(45-33)17-21-12-15-25(44-21)23-13-11-20(41-3)16-24(23)36(39)40/h6-17,30H,5H2,1-4H3/b27-17+/t30-/m1/s1. The quantitative estimate of drug-likeness (QED) is 0.131. The summed E-state index contributed by atoms with van der Waals surface area (Å²) in [6, 6.07) is 18.2. The highest BCUT2D eigenvalue weighted by molar-refractivity contribution is 7.07. The van der Waals surface area contributed by atoms with Crippen LogP contribution < -0.4 is 24.4 Å². The normalized spacial score (nSPS) is 14.7. The number of nitro benzene ring substituents is 1. The number of nitro groups is 1. The largest absolute Gasteiger partial charge is 0.497 e. The molecule has 0 unspecified atom stereocenters. The van der Waals surface area contributed by atoms with E-state index in [-0.39, 0.29) is 29.2 Å². The van der Waals surface area contributed by atoms with Crippen LogP contribution in [0.3, 0.4) is 0 Å². The summed E-state index contributed by atoms with van der Waals surface area (Å²) in [5.74, 6) is 0.822. The first-order chi connectivity index (χ1) is 21.7. The zero-order valence-corrected chi connectivity index (χ0v) is 25.5. The van der Waals surface area contributed by atoms with Crippen LogP contribution in [0.1, 0.15) is 31.2 Å². The number of methoxy groups -OCH3 is 2. The Labute approximate surface area is 260 Å². The van der Waals surface area contributed by atoms with Gasteiger partial charge in [-0.1, -0.05) is 41.7 Å². The SMILES string of the molecule is CCOC(=O)C1=C(C)N=c2s/c(=C/c3ccc(-c4ccc(OC)cc4[N+](=O)[O-])o3)c(=O)n2[C@H]1c1c(OC)ccc2ccccc12. The maximum absolute atomic E-state index is 14.2. The number of carbonyl (C=O) groups is 1. The fraction of sp³-hybridized carbons (Fsp3) is 0.182. The molecule has 0 N–H and O–H groups in total. The molecule has 12 heteroatoms. The molecule has 0 aliphatic carbocycles. The Morgan fingerprint density at radius 3 is 2.64 bits per heavy atom. The number of carbonyl (C=O) groups excluding carboxylic acids is 1. The van der Waals surface area contributed by atoms with E-state index in [0.29, 0.717) is 37.9 Å². The summed E-state index contributed by atoms with van der Waals surface area (Å²) in [5.41, 5.74) is 0.972. The lowest BCUT2D eigenvalue weighted by Crippen LogP contribution is -2.40. The molecule has 1 aliphatic rings. The van der Waals surface area contributed by atoms with Gasteiger partial charge < -0.3 is 18.6 Å². The van der Waals surface area contributed by atoms with Crippen LogP contribution in [0.4, 0.5) is 5.69 Å². The number of thiazole rings is 1. The highest BCUT2D eigenvalue weighted by Gasteiger charge is 2.36. The summed E-state index contributed by atoms with van der Waals surface area (Å²) < 4.78 is 24.1. The molecule has 2 aromatic heterocycles. The number of nitrogens with zero attached hydrogens (tertiary/aromatic N) is 3. The summed E-state index contributed by atoms with van der Waals surface area (Å²) in [6.07, 6.45) is 1.56. The van der Waals surface area contributed by atoms with E-state index in [1.807, 2.05) is 36.4 Å². The predicted octanol–water partition coefficient (Wildman–Crippen LogP) is 5.14. The van der Waals surface area contributed by atoms with Gasteiger partial charge in [0, 0.05) is 11.6 Å². The van der Waals surface area contributed by atoms with Crippen molar-refractivity contribution in [3.63, 3.8) is 0 Å². The Morgan fingerprint density at radius 2 is 1.91 bits per heavy atom. The number of fused-ring (bicyclic) bond motifs is 2. The fourth-order valence-corrected chi connectivity index (χ4v) is 6.53. The third-order valence-corrected chi connectivity index (χ3v) is 8.49. The Hall–Kier alpha value is -5.49. The van der Waals surface area contributed by atoms with Crippen LogP contribution >= 0.6 is 11.3 Å². The molecule has 228 valence electrons. The highest BCUT2D eigenvalue weighted by atomic mass is 32.1. The molecule has 1 aliphatic heterocycles. The molecule has 0 bridgehead atoms. The molecular weight excluding hydrogens is 598 g/mol. The molecule has 0 radical (unpaired) electrons. The molecule has 0 saturated carbocycles. The minimum absolute atomic E-state index is 0.145. The van der Waals surface area contributed by atoms with Crippen LogP contribution in [0.5, 0.6) is 11.5 Å². The smallest absolute Gasteiger partial charge is 0.338 e. The molecular formula is C33H27N3O8S. The molecule has 0 amide bonds. The van der Waals surface area contributed by atoms with E-state index in [4.69, 9.17) is 18.6 Å². The van der Waals surface area contributed by atoms with Gasteiger partial charge in [0.05, 0.1) is 53.2 Å². The van der Waals surface area contributed by atoms with E-state index < -0.39 is 22.5 Å². The fourth-order valence-electron chi connectivity index (χ4n) is 5.50. The van der Waals surface area contributed by atoms with Crippen molar-refractivity contribution in [2.24, 2.45) is 4.99 Å². The van der Waals surface area contributed by atoms with E-state index >= 15 is 0 Å². The molecule has 5 aromatic rings. The van der Waals surface area contributed by atoms with Crippen molar-refractivity contribution >= 4 is 39.8 Å². The molecule has 0 saturated heterocycles. The predicted molar refractivity (Wildman–Crippen MR) is 168 cm³/mol. The molecule has 45 heavy (non-hydrogen) atoms. The number of rotatable bonds is 8. The first-order valence-electron chi connectivity index (χ1n) is 13.9. The first-order valence-corrected chi connectivity index (χ1v) is 14.7. The maximum atomic E-state index is 14.2. The second-order valence-electron chi connectivity index (χ2n) is 10.0. The summed E-state index contributed by atoms with van der Waals surface area (Å²) in [7, 11) is 2.97. The summed E-state index contributed by atoms with van der Waals surface area (Å²) in [6.45, 7) is 3.58. The molecule has 11 nitrogen and oxygen atoms in total. The molecule has 0 spiro atoms. The van der Waals surface area contributed by atoms with E-state index in [1.54, 1.807) is 51.3 Å². The van der Waals surface area contributed by atoms with Crippen molar-refractivity contribution in [2.45, 2.75) is 19.9 Å². The molecule has 0 fully saturated rings. The number of hydrogen-bond donors (Lipinski definition) is 0. The lowest BCUT2D eigenvalue weighted by molar-refractivity contribution is -0.384. The van der Waals surface area contributed by atoms with Gasteiger partial charge in [0.25, 0.3) is 11.2 Å². The molecule has 3 heterocycles. The number of hydrogen-bond acceptors (Lipinski definition) is 10. The van der Waals surface area contributed by atoms with Crippen molar-refractivity contribution in [2.75, 3.05) is 20.8 Å². The van der Waals surface area contributed by atoms with Crippen LogP contribution in [0, 0.1) is 10.1 Å². The second-order valence-corrected chi connectivity index (χ2v) is 11.1. The molecule has 1 atom stereocenters. The van der Waals surface area contributed by atoms with Gasteiger partial charge in [-0.2, -0.15) is 0 Å². The monoisotopic (exact) mass is 625 g/mol. The van der Waals surface area contributed by atoms with Crippen molar-refractivity contribution in [1.82, 2.24) is 4.57 Å². The van der Waals surface area contributed by atoms with Gasteiger partial charge in [-0.25, -0.2) is 9.79 Å². The van der Waals surface area contributed by atoms with Crippen LogP contribution in [-0.2, 0) is 9.53 Å². The topological polar surface area (TPSA) is 135 Å². The number of ether oxygens (including phenoxy) is 3. The van der Waals surface area contributed by atoms with Crippen molar-refractivity contribution in [3.05, 3.63) is 119 Å². The van der Waals surface area contributed by atoms with Gasteiger partial charge in [0.2, 0.25) is 0 Å². The van der Waals surface area contributed by atoms with Crippen molar-refractivity contribution < 1.29 is 28.3 Å². The van der Waals surface area contributed by atoms with Crippen LogP contribution in [0.25, 0.3) is 28.2 Å². The van der Waals surface area contributed by atoms with Gasteiger partial charge in [-0.3, -0.25) is 19.5 Å². The lowest BCUT2D eigenvalue weighted by Gasteiger charge is -2.27. The van der Waals surface area contributed by atoms with Crippen LogP contribution in [-0.4, -0.2) is 36.3 Å². The van der Waals surface area contributed by atoms with Gasteiger partial charge in [-0.05, 0) is 55.0 Å². The van der Waals surface area contributed by atoms with Gasteiger partial charge in [0.1, 0.15) is 29.1 Å². The lowest BCUT2D eigenvalue weighted by atomic mass is 9.90. The third kappa shape index (κ3) is 5.18. The second kappa shape index (κ2) is 11.9. The Bertz CT molecular complexity index is 2210. The minimum atomic E-state index is -0.891. The average molecular weight is 626 g/mol. The van der Waals surface area contributed by atoms with Crippen molar-refractivity contribution in [1.29, 1.82) is 0 Å². The zero-order chi connectivity index (χ0) is 31.8. The zero-order valence-electron chi connectivity index (χ0n) is 24.7. The summed E-state index contributed by atoms with van der Waals surface area (Å²) >= 11 is 1.14. The van der Waals surface area contributed by atoms with Gasteiger partial charge >= 0.3 is 5.97 Å². The summed E-state index contributed by atoms with van der Waals surface area (Å²) in [5, 5.41) is 13.5. The van der Waals surface area contributed by atoms with Crippen molar-refractivity contribution in [3.8, 4) is 22.8 Å². The number of furan rings is 1. The maximum Gasteiger partial charge on any atom is 0.338 e. The van der Waals surface area contributed by atoms with E-state index in [9.17, 15) is 19.7 Å². The molecule has 3 aromatic carbocycles. The minimum Gasteiger partial charge on any atom is -0.497 e. The number of esters is 1. The average Bonchev–Trinajstić information content (AvgIpc) is 3.63. The summed E-state index contributed by atoms with van der Waals surface area (Å²) in [4.78, 5) is 43.9. The Morgan fingerprint density at radius 1 is 1.11 bits per heavy atom. The molecule has 6 rings (SSSR count). The Kier molecular flexibility index (Phi) is 7.81. The number of aromatic nitrogens is 1. The van der Waals surface area contributed by atoms with Crippen LogP contribution in [0.2, 0.25) is 0 Å². The van der Waals surface area contributed by atoms with E-state index in [1.165, 1.54) is 17.7 Å². The van der Waals surface area contributed by atoms with Gasteiger partial charge in [-0.15, -0.1) is 0 Å². The number of benzene rings is 3. The van der Waals surface area contributed by atoms with Gasteiger partial charge in [0.15, 0.2) is 4.80 Å². The Balaban J connectivity index is 1.54. The third-order valence-electron chi connectivity index (χ3n) is 7.51. The first kappa shape index (κ1) is 29.6. The van der Waals surface area contributed by atoms with Crippen LogP contribution in [0.15, 0.2) is 92.2 Å². The number of allylic oxidation sites excluding steroid dienone is 1. The van der Waals surface area contributed by atoms with E-state index in [0.717, 1.165) is 22.1 Å². The highest BCUT2D eigenvalue weighted by Crippen LogP contribution is 2.40. The van der Waals surface area contributed by atoms with E-state index in [2.05, 4.69) is 4.99 Å².